The second-order valence-electron chi connectivity index (χ2n) is 13.8. The van der Waals surface area contributed by atoms with E-state index in [2.05, 4.69) is 20.9 Å². The van der Waals surface area contributed by atoms with Gasteiger partial charge in [-0.2, -0.15) is 15.2 Å². The number of aromatic amines is 1. The van der Waals surface area contributed by atoms with Crippen LogP contribution in [0.4, 0.5) is 20.4 Å². The van der Waals surface area contributed by atoms with Crippen molar-refractivity contribution in [2.45, 2.75) is 68.8 Å². The molecule has 9 rings (SSSR count). The van der Waals surface area contributed by atoms with Gasteiger partial charge >= 0.3 is 6.01 Å². The second kappa shape index (κ2) is 10.3. The quantitative estimate of drug-likeness (QED) is 0.279. The van der Waals surface area contributed by atoms with Crippen molar-refractivity contribution in [3.8, 4) is 29.0 Å². The van der Waals surface area contributed by atoms with Crippen LogP contribution >= 0.6 is 11.6 Å². The van der Waals surface area contributed by atoms with Gasteiger partial charge in [0.05, 0.1) is 40.7 Å². The van der Waals surface area contributed by atoms with Gasteiger partial charge in [0, 0.05) is 30.5 Å². The fourth-order valence-corrected chi connectivity index (χ4v) is 9.15. The van der Waals surface area contributed by atoms with Gasteiger partial charge in [0.15, 0.2) is 17.2 Å². The van der Waals surface area contributed by atoms with E-state index in [-0.39, 0.29) is 51.9 Å². The molecule has 7 heterocycles. The Kier molecular flexibility index (Phi) is 6.40. The Morgan fingerprint density at radius 1 is 1.21 bits per heavy atom. The lowest BCUT2D eigenvalue weighted by molar-refractivity contribution is -0.174. The summed E-state index contributed by atoms with van der Waals surface area (Å²) in [5.41, 5.74) is 7.19. The van der Waals surface area contributed by atoms with Gasteiger partial charge < -0.3 is 29.8 Å². The van der Waals surface area contributed by atoms with Gasteiger partial charge in [-0.25, -0.2) is 8.78 Å². The summed E-state index contributed by atoms with van der Waals surface area (Å²) in [7, 11) is 0. The highest BCUT2D eigenvalue weighted by atomic mass is 35.5. The number of nitrogens with one attached hydrogen (secondary N) is 1. The second-order valence-corrected chi connectivity index (χ2v) is 14.2. The predicted octanol–water partition coefficient (Wildman–Crippen LogP) is 5.81. The molecule has 5 aliphatic heterocycles. The van der Waals surface area contributed by atoms with Crippen LogP contribution in [0.3, 0.4) is 0 Å². The molecule has 5 aliphatic rings. The average molecular weight is 662 g/mol. The van der Waals surface area contributed by atoms with Gasteiger partial charge in [-0.1, -0.05) is 23.7 Å². The molecule has 10 nitrogen and oxygen atoms in total. The van der Waals surface area contributed by atoms with Crippen LogP contribution in [0.15, 0.2) is 12.1 Å². The standard InChI is InChI=1S/C34H34ClF2N7O3/c1-17-6-7-19(22-20(12-38)30(39)40-27(17)22)23-25(35)29-24-28(26(23)37)41-32(46-14-33-8-4-9-43(33)13-18(36)11-33)42-31(24)44-10-3-2-5-21(44)34(47-29)15-45-16-34/h6-7,18,21,40H,2-5,8-11,13-16,39H2,1H3/t18-,21+,33+/m1/s1. The highest BCUT2D eigenvalue weighted by Crippen LogP contribution is 2.54. The summed E-state index contributed by atoms with van der Waals surface area (Å²) in [5, 5.41) is 11.0. The molecule has 2 aromatic carbocycles. The molecule has 0 unspecified atom stereocenters. The molecule has 2 aromatic heterocycles. The van der Waals surface area contributed by atoms with E-state index in [1.165, 1.54) is 0 Å². The number of nitrogens with two attached hydrogens (primary N) is 1. The zero-order valence-corrected chi connectivity index (χ0v) is 26.7. The minimum absolute atomic E-state index is 0.00678. The van der Waals surface area contributed by atoms with Crippen LogP contribution in [-0.2, 0) is 4.74 Å². The highest BCUT2D eigenvalue weighted by Gasteiger charge is 2.55. The van der Waals surface area contributed by atoms with Crippen LogP contribution in [0.25, 0.3) is 32.9 Å². The molecule has 4 aromatic rings. The Balaban J connectivity index is 1.29. The van der Waals surface area contributed by atoms with E-state index in [1.807, 2.05) is 13.0 Å². The number of nitriles is 1. The van der Waals surface area contributed by atoms with E-state index in [9.17, 15) is 9.65 Å². The maximum atomic E-state index is 17.3. The van der Waals surface area contributed by atoms with Crippen molar-refractivity contribution in [2.75, 3.05) is 50.1 Å². The summed E-state index contributed by atoms with van der Waals surface area (Å²) < 4.78 is 50.9. The molecule has 0 bridgehead atoms. The van der Waals surface area contributed by atoms with Crippen LogP contribution in [0.1, 0.15) is 49.7 Å². The van der Waals surface area contributed by atoms with Crippen molar-refractivity contribution in [1.29, 1.82) is 5.26 Å². The van der Waals surface area contributed by atoms with Gasteiger partial charge in [0.2, 0.25) is 0 Å². The molecule has 3 atom stereocenters. The van der Waals surface area contributed by atoms with E-state index < -0.39 is 23.1 Å². The Bertz CT molecular complexity index is 2030. The first-order valence-electron chi connectivity index (χ1n) is 16.3. The molecule has 0 aliphatic carbocycles. The summed E-state index contributed by atoms with van der Waals surface area (Å²) in [6.07, 6.45) is 4.04. The SMILES string of the molecule is Cc1ccc(-c2c(Cl)c3c4c(nc(OC[C@@]56CCCN5C[C@H](F)C6)nc4c2F)N2CCCC[C@H]2C2(COC2)O3)c2c(C#N)c(N)[nH]c12. The van der Waals surface area contributed by atoms with Crippen LogP contribution in [0, 0.1) is 24.1 Å². The largest absolute Gasteiger partial charge is 0.478 e. The minimum Gasteiger partial charge on any atom is -0.478 e. The summed E-state index contributed by atoms with van der Waals surface area (Å²) in [6.45, 7) is 4.71. The number of H-pyrrole nitrogens is 1. The maximum Gasteiger partial charge on any atom is 0.319 e. The predicted molar refractivity (Wildman–Crippen MR) is 173 cm³/mol. The number of halogens is 3. The van der Waals surface area contributed by atoms with Crippen LogP contribution in [-0.4, -0.2) is 82.7 Å². The van der Waals surface area contributed by atoms with Gasteiger partial charge in [0.1, 0.15) is 41.6 Å². The van der Waals surface area contributed by atoms with E-state index in [0.717, 1.165) is 44.2 Å². The molecule has 13 heteroatoms. The molecule has 0 radical (unpaired) electrons. The Morgan fingerprint density at radius 3 is 2.85 bits per heavy atom. The lowest BCUT2D eigenvalue weighted by atomic mass is 9.84. The fourth-order valence-electron chi connectivity index (χ4n) is 8.83. The number of hydrogen-bond acceptors (Lipinski definition) is 9. The van der Waals surface area contributed by atoms with Crippen molar-refractivity contribution < 1.29 is 23.0 Å². The number of ether oxygens (including phenoxy) is 3. The van der Waals surface area contributed by atoms with Crippen LogP contribution in [0.2, 0.25) is 5.02 Å². The number of anilines is 2. The normalized spacial score (nSPS) is 26.1. The Hall–Kier alpha value is -3.92. The lowest BCUT2D eigenvalue weighted by Crippen LogP contribution is -2.67. The third-order valence-corrected chi connectivity index (χ3v) is 11.5. The first-order valence-corrected chi connectivity index (χ1v) is 16.7. The fraction of sp³-hybridized carbons (Fsp3) is 0.500. The van der Waals surface area contributed by atoms with Crippen molar-refractivity contribution in [3.05, 3.63) is 34.1 Å². The first-order chi connectivity index (χ1) is 22.7. The van der Waals surface area contributed by atoms with Gasteiger partial charge in [-0.15, -0.1) is 0 Å². The van der Waals surface area contributed by atoms with Crippen LogP contribution in [0.5, 0.6) is 11.8 Å². The van der Waals surface area contributed by atoms with E-state index in [1.54, 1.807) is 6.07 Å². The molecule has 4 fully saturated rings. The third kappa shape index (κ3) is 4.06. The number of aromatic nitrogens is 3. The van der Waals surface area contributed by atoms with Crippen LogP contribution < -0.4 is 20.1 Å². The zero-order valence-electron chi connectivity index (χ0n) is 26.0. The summed E-state index contributed by atoms with van der Waals surface area (Å²) >= 11 is 7.24. The lowest BCUT2D eigenvalue weighted by Gasteiger charge is -2.50. The molecule has 4 saturated heterocycles. The van der Waals surface area contributed by atoms with Gasteiger partial charge in [-0.3, -0.25) is 4.90 Å². The number of fused-ring (bicyclic) bond motifs is 5. The molecule has 0 saturated carbocycles. The van der Waals surface area contributed by atoms with E-state index in [0.29, 0.717) is 60.4 Å². The monoisotopic (exact) mass is 661 g/mol. The average Bonchev–Trinajstić information content (AvgIpc) is 3.66. The third-order valence-electron chi connectivity index (χ3n) is 11.1. The van der Waals surface area contributed by atoms with E-state index >= 15 is 4.39 Å². The van der Waals surface area contributed by atoms with E-state index in [4.69, 9.17) is 41.5 Å². The highest BCUT2D eigenvalue weighted by molar-refractivity contribution is 6.37. The molecule has 3 N–H and O–H groups in total. The molecule has 47 heavy (non-hydrogen) atoms. The molecule has 0 amide bonds. The van der Waals surface area contributed by atoms with Gasteiger partial charge in [0.25, 0.3) is 0 Å². The van der Waals surface area contributed by atoms with Gasteiger partial charge in [-0.05, 0) is 56.7 Å². The number of hydrogen-bond donors (Lipinski definition) is 2. The molecule has 1 spiro atoms. The minimum atomic E-state index is -0.912. The molecule has 244 valence electrons. The van der Waals surface area contributed by atoms with Crippen molar-refractivity contribution in [2.24, 2.45) is 0 Å². The number of nitrogens with zero attached hydrogens (tertiary/aromatic N) is 5. The number of benzene rings is 2. The number of alkyl halides is 1. The summed E-state index contributed by atoms with van der Waals surface area (Å²) in [4.78, 5) is 17.1. The zero-order chi connectivity index (χ0) is 32.2. The first kappa shape index (κ1) is 29.2. The number of aryl methyl sites for hydroxylation is 1. The smallest absolute Gasteiger partial charge is 0.319 e. The maximum absolute atomic E-state index is 17.3. The number of piperidine rings is 1. The van der Waals surface area contributed by atoms with Crippen molar-refractivity contribution >= 4 is 45.0 Å². The number of nitrogen functional groups attached to an aromatic ring is 1. The van der Waals surface area contributed by atoms with Crippen molar-refractivity contribution in [1.82, 2.24) is 19.9 Å². The molecular weight excluding hydrogens is 628 g/mol. The number of rotatable bonds is 4. The molecular formula is C34H34ClF2N7O3. The Morgan fingerprint density at radius 2 is 2.06 bits per heavy atom. The summed E-state index contributed by atoms with van der Waals surface area (Å²) in [5.74, 6) is 0.299. The Labute approximate surface area is 274 Å². The van der Waals surface area contributed by atoms with Crippen molar-refractivity contribution in [3.63, 3.8) is 0 Å². The topological polar surface area (TPSA) is 126 Å². The summed E-state index contributed by atoms with van der Waals surface area (Å²) in [6, 6.07) is 5.70.